The molecule has 3 heteroatoms. The van der Waals surface area contributed by atoms with Gasteiger partial charge >= 0.3 is 0 Å². The molecule has 1 heterocycles. The van der Waals surface area contributed by atoms with E-state index in [2.05, 4.69) is 40.0 Å². The molecule has 2 rings (SSSR count). The van der Waals surface area contributed by atoms with E-state index in [9.17, 15) is 0 Å². The van der Waals surface area contributed by atoms with Crippen LogP contribution in [0.1, 0.15) is 18.0 Å². The van der Waals surface area contributed by atoms with Gasteiger partial charge in [-0.25, -0.2) is 0 Å². The highest BCUT2D eigenvalue weighted by molar-refractivity contribution is 14.1. The van der Waals surface area contributed by atoms with Crippen LogP contribution in [-0.2, 0) is 0 Å². The van der Waals surface area contributed by atoms with E-state index in [1.54, 1.807) is 0 Å². The number of halogens is 2. The van der Waals surface area contributed by atoms with Crippen LogP contribution >= 0.6 is 34.2 Å². The Kier molecular flexibility index (Phi) is 2.57. The minimum atomic E-state index is 0.566. The molecule has 1 fully saturated rings. The van der Waals surface area contributed by atoms with Crippen molar-refractivity contribution in [3.63, 3.8) is 0 Å². The first kappa shape index (κ1) is 8.78. The van der Waals surface area contributed by atoms with Crippen molar-refractivity contribution >= 4 is 34.2 Å². The van der Waals surface area contributed by atoms with Crippen molar-refractivity contribution in [2.24, 2.45) is 0 Å². The Morgan fingerprint density at radius 1 is 1.50 bits per heavy atom. The fourth-order valence-corrected chi connectivity index (χ4v) is 1.96. The molecule has 0 saturated carbocycles. The van der Waals surface area contributed by atoms with Crippen LogP contribution in [-0.4, -0.2) is 6.54 Å². The fourth-order valence-electron chi connectivity index (χ4n) is 1.30. The Bertz CT molecular complexity index is 297. The Labute approximate surface area is 90.6 Å². The molecule has 1 nitrogen and oxygen atoms in total. The molecule has 12 heavy (non-hydrogen) atoms. The molecule has 1 aliphatic heterocycles. The maximum Gasteiger partial charge on any atom is 0.0539 e. The van der Waals surface area contributed by atoms with Crippen LogP contribution in [0.25, 0.3) is 0 Å². The molecule has 0 amide bonds. The van der Waals surface area contributed by atoms with Crippen LogP contribution in [0, 0.1) is 3.57 Å². The fraction of sp³-hybridized carbons (Fsp3) is 0.333. The second kappa shape index (κ2) is 3.52. The highest BCUT2D eigenvalue weighted by Gasteiger charge is 2.18. The first-order chi connectivity index (χ1) is 5.77. The quantitative estimate of drug-likeness (QED) is 0.785. The summed E-state index contributed by atoms with van der Waals surface area (Å²) in [6, 6.07) is 6.79. The molecule has 0 aliphatic carbocycles. The standard InChI is InChI=1S/C9H9ClIN/c10-7-2-1-6(5-8(7)11)9-3-4-12-9/h1-2,5,9,12H,3-4H2/t9-/m1/s1. The zero-order chi connectivity index (χ0) is 8.55. The van der Waals surface area contributed by atoms with E-state index in [-0.39, 0.29) is 0 Å². The average molecular weight is 294 g/mol. The second-order valence-electron chi connectivity index (χ2n) is 2.97. The van der Waals surface area contributed by atoms with Gasteiger partial charge in [0.2, 0.25) is 0 Å². The number of hydrogen-bond acceptors (Lipinski definition) is 1. The summed E-state index contributed by atoms with van der Waals surface area (Å²) < 4.78 is 1.14. The zero-order valence-corrected chi connectivity index (χ0v) is 9.39. The highest BCUT2D eigenvalue weighted by atomic mass is 127. The van der Waals surface area contributed by atoms with E-state index >= 15 is 0 Å². The van der Waals surface area contributed by atoms with E-state index < -0.39 is 0 Å². The lowest BCUT2D eigenvalue weighted by Crippen LogP contribution is -2.34. The van der Waals surface area contributed by atoms with Crippen molar-refractivity contribution in [1.29, 1.82) is 0 Å². The minimum absolute atomic E-state index is 0.566. The maximum atomic E-state index is 5.92. The summed E-state index contributed by atoms with van der Waals surface area (Å²) in [5, 5.41) is 4.21. The topological polar surface area (TPSA) is 12.0 Å². The summed E-state index contributed by atoms with van der Waals surface area (Å²) in [5.41, 5.74) is 1.36. The lowest BCUT2D eigenvalue weighted by Gasteiger charge is -2.28. The third-order valence-electron chi connectivity index (χ3n) is 2.17. The minimum Gasteiger partial charge on any atom is -0.310 e. The summed E-state index contributed by atoms with van der Waals surface area (Å²) in [5.74, 6) is 0. The van der Waals surface area contributed by atoms with Gasteiger partial charge in [-0.3, -0.25) is 0 Å². The summed E-state index contributed by atoms with van der Waals surface area (Å²) in [7, 11) is 0. The normalized spacial score (nSPS) is 22.0. The molecule has 0 bridgehead atoms. The lowest BCUT2D eigenvalue weighted by molar-refractivity contribution is 0.383. The molecular weight excluding hydrogens is 284 g/mol. The summed E-state index contributed by atoms with van der Waals surface area (Å²) in [6.07, 6.45) is 1.25. The zero-order valence-electron chi connectivity index (χ0n) is 6.48. The number of rotatable bonds is 1. The molecule has 0 spiro atoms. The largest absolute Gasteiger partial charge is 0.310 e. The van der Waals surface area contributed by atoms with E-state index in [0.717, 1.165) is 15.1 Å². The van der Waals surface area contributed by atoms with Crippen molar-refractivity contribution in [3.05, 3.63) is 32.4 Å². The Morgan fingerprint density at radius 2 is 2.25 bits per heavy atom. The molecule has 0 aromatic heterocycles. The average Bonchev–Trinajstić information content (AvgIpc) is 1.93. The first-order valence-electron chi connectivity index (χ1n) is 3.96. The van der Waals surface area contributed by atoms with E-state index in [0.29, 0.717) is 6.04 Å². The van der Waals surface area contributed by atoms with Gasteiger partial charge in [-0.2, -0.15) is 0 Å². The van der Waals surface area contributed by atoms with Crippen LogP contribution in [0.3, 0.4) is 0 Å². The lowest BCUT2D eigenvalue weighted by atomic mass is 9.98. The third kappa shape index (κ3) is 1.60. The predicted molar refractivity (Wildman–Crippen MR) is 59.5 cm³/mol. The molecule has 1 atom stereocenters. The van der Waals surface area contributed by atoms with Gasteiger partial charge in [0.05, 0.1) is 5.02 Å². The van der Waals surface area contributed by atoms with Gasteiger partial charge in [-0.05, 0) is 53.3 Å². The van der Waals surface area contributed by atoms with Crippen molar-refractivity contribution in [3.8, 4) is 0 Å². The van der Waals surface area contributed by atoms with Crippen LogP contribution in [0.15, 0.2) is 18.2 Å². The van der Waals surface area contributed by atoms with Crippen molar-refractivity contribution < 1.29 is 0 Å². The summed E-state index contributed by atoms with van der Waals surface area (Å²) >= 11 is 8.18. The van der Waals surface area contributed by atoms with Crippen LogP contribution in [0.5, 0.6) is 0 Å². The maximum absolute atomic E-state index is 5.92. The van der Waals surface area contributed by atoms with Crippen molar-refractivity contribution in [1.82, 2.24) is 5.32 Å². The SMILES string of the molecule is Clc1ccc([C@H]2CCN2)cc1I. The second-order valence-corrected chi connectivity index (χ2v) is 4.54. The van der Waals surface area contributed by atoms with Gasteiger partial charge in [0.25, 0.3) is 0 Å². The Morgan fingerprint density at radius 3 is 2.75 bits per heavy atom. The summed E-state index contributed by atoms with van der Waals surface area (Å²) in [4.78, 5) is 0. The molecular formula is C9H9ClIN. The molecule has 1 aromatic rings. The number of nitrogens with one attached hydrogen (secondary N) is 1. The van der Waals surface area contributed by atoms with Gasteiger partial charge in [0.1, 0.15) is 0 Å². The number of benzene rings is 1. The van der Waals surface area contributed by atoms with Gasteiger partial charge in [-0.15, -0.1) is 0 Å². The van der Waals surface area contributed by atoms with Gasteiger partial charge in [0.15, 0.2) is 0 Å². The number of hydrogen-bond donors (Lipinski definition) is 1. The molecule has 1 N–H and O–H groups in total. The Hall–Kier alpha value is 0.200. The van der Waals surface area contributed by atoms with Crippen molar-refractivity contribution in [2.45, 2.75) is 12.5 Å². The molecule has 0 radical (unpaired) electrons. The molecule has 0 unspecified atom stereocenters. The molecule has 1 saturated heterocycles. The molecule has 64 valence electrons. The molecule has 1 aromatic carbocycles. The van der Waals surface area contributed by atoms with Crippen LogP contribution in [0.2, 0.25) is 5.02 Å². The van der Waals surface area contributed by atoms with E-state index in [1.165, 1.54) is 12.0 Å². The van der Waals surface area contributed by atoms with E-state index in [1.807, 2.05) is 6.07 Å². The third-order valence-corrected chi connectivity index (χ3v) is 3.71. The monoisotopic (exact) mass is 293 g/mol. The van der Waals surface area contributed by atoms with Gasteiger partial charge in [0, 0.05) is 9.61 Å². The van der Waals surface area contributed by atoms with Crippen LogP contribution in [0.4, 0.5) is 0 Å². The van der Waals surface area contributed by atoms with Crippen LogP contribution < -0.4 is 5.32 Å². The van der Waals surface area contributed by atoms with Crippen molar-refractivity contribution in [2.75, 3.05) is 6.54 Å². The Balaban J connectivity index is 2.27. The van der Waals surface area contributed by atoms with E-state index in [4.69, 9.17) is 11.6 Å². The van der Waals surface area contributed by atoms with Gasteiger partial charge < -0.3 is 5.32 Å². The predicted octanol–water partition coefficient (Wildman–Crippen LogP) is 2.98. The van der Waals surface area contributed by atoms with Gasteiger partial charge in [-0.1, -0.05) is 17.7 Å². The first-order valence-corrected chi connectivity index (χ1v) is 5.41. The molecule has 1 aliphatic rings. The summed E-state index contributed by atoms with van der Waals surface area (Å²) in [6.45, 7) is 1.14. The smallest absolute Gasteiger partial charge is 0.0539 e. The highest BCUT2D eigenvalue weighted by Crippen LogP contribution is 2.27.